The molecule has 1 aliphatic heterocycles. The lowest BCUT2D eigenvalue weighted by molar-refractivity contribution is -0.121. The van der Waals surface area contributed by atoms with E-state index in [-0.39, 0.29) is 30.8 Å². The Kier molecular flexibility index (Phi) is 5.53. The Morgan fingerprint density at radius 2 is 2.00 bits per heavy atom. The molecule has 0 aliphatic carbocycles. The summed E-state index contributed by atoms with van der Waals surface area (Å²) in [5.41, 5.74) is 3.31. The molecule has 2 aromatic carbocycles. The molecule has 8 heteroatoms. The fourth-order valence-electron chi connectivity index (χ4n) is 3.27. The highest BCUT2D eigenvalue weighted by Gasteiger charge is 2.28. The quantitative estimate of drug-likeness (QED) is 0.630. The van der Waals surface area contributed by atoms with Crippen LogP contribution in [0.25, 0.3) is 6.08 Å². The van der Waals surface area contributed by atoms with E-state index in [0.29, 0.717) is 34.1 Å². The van der Waals surface area contributed by atoms with Gasteiger partial charge in [-0.2, -0.15) is 0 Å². The number of hydrogen-bond donors (Lipinski definition) is 1. The van der Waals surface area contributed by atoms with Gasteiger partial charge in [-0.1, -0.05) is 17.3 Å². The topological polar surface area (TPSA) is 84.7 Å². The number of aryl methyl sites for hydroxylation is 2. The maximum absolute atomic E-state index is 13.0. The summed E-state index contributed by atoms with van der Waals surface area (Å²) in [5.74, 6) is 0.297. The molecular weight excluding hydrogens is 401 g/mol. The molecule has 3 aromatic rings. The molecule has 0 bridgehead atoms. The first-order valence-corrected chi connectivity index (χ1v) is 9.64. The van der Waals surface area contributed by atoms with Crippen LogP contribution in [0.1, 0.15) is 22.6 Å². The highest BCUT2D eigenvalue weighted by molar-refractivity contribution is 6.03. The van der Waals surface area contributed by atoms with Crippen molar-refractivity contribution in [3.63, 3.8) is 0 Å². The van der Waals surface area contributed by atoms with Crippen LogP contribution >= 0.6 is 0 Å². The summed E-state index contributed by atoms with van der Waals surface area (Å²) in [6.07, 6.45) is 2.94. The minimum Gasteiger partial charge on any atom is -0.482 e. The summed E-state index contributed by atoms with van der Waals surface area (Å²) in [6.45, 7) is 3.84. The van der Waals surface area contributed by atoms with Gasteiger partial charge < -0.3 is 19.5 Å². The second kappa shape index (κ2) is 8.43. The van der Waals surface area contributed by atoms with E-state index in [9.17, 15) is 14.0 Å². The molecule has 0 radical (unpaired) electrons. The van der Waals surface area contributed by atoms with Crippen LogP contribution in [-0.4, -0.2) is 23.6 Å². The monoisotopic (exact) mass is 421 g/mol. The maximum Gasteiger partial charge on any atom is 0.265 e. The third-order valence-corrected chi connectivity index (χ3v) is 4.96. The van der Waals surface area contributed by atoms with Crippen molar-refractivity contribution in [3.05, 3.63) is 76.9 Å². The first-order valence-electron chi connectivity index (χ1n) is 9.64. The van der Waals surface area contributed by atoms with Gasteiger partial charge >= 0.3 is 0 Å². The molecule has 0 saturated heterocycles. The van der Waals surface area contributed by atoms with Crippen molar-refractivity contribution in [2.75, 3.05) is 16.8 Å². The Morgan fingerprint density at radius 1 is 1.23 bits per heavy atom. The van der Waals surface area contributed by atoms with Crippen LogP contribution < -0.4 is 15.0 Å². The smallest absolute Gasteiger partial charge is 0.265 e. The Bertz CT molecular complexity index is 1150. The van der Waals surface area contributed by atoms with E-state index in [1.807, 2.05) is 6.92 Å². The molecule has 2 heterocycles. The van der Waals surface area contributed by atoms with Gasteiger partial charge in [0.25, 0.3) is 5.91 Å². The second-order valence-corrected chi connectivity index (χ2v) is 7.13. The molecule has 4 rings (SSSR count). The number of nitrogens with one attached hydrogen (secondary N) is 1. The highest BCUT2D eigenvalue weighted by atomic mass is 19.1. The SMILES string of the molecule is Cc1noc(C)c1CN1C(=O)COc2ccc(NC(=O)/C=C/c3ccc(F)cc3)cc21. The number of carbonyl (C=O) groups excluding carboxylic acids is 2. The zero-order valence-electron chi connectivity index (χ0n) is 17.0. The molecule has 1 aromatic heterocycles. The molecular formula is C23H20FN3O4. The van der Waals surface area contributed by atoms with Gasteiger partial charge in [-0.15, -0.1) is 0 Å². The molecule has 2 amide bonds. The molecule has 0 spiro atoms. The zero-order chi connectivity index (χ0) is 22.0. The number of hydrogen-bond acceptors (Lipinski definition) is 5. The molecule has 31 heavy (non-hydrogen) atoms. The standard InChI is InChI=1S/C23H20FN3O4/c1-14-19(15(2)31-26-14)12-27-20-11-18(8-9-21(20)30-13-23(27)29)25-22(28)10-5-16-3-6-17(24)7-4-16/h3-11H,12-13H2,1-2H3,(H,25,28)/b10-5+. The summed E-state index contributed by atoms with van der Waals surface area (Å²) in [6, 6.07) is 10.9. The van der Waals surface area contributed by atoms with E-state index in [1.54, 1.807) is 48.2 Å². The number of amides is 2. The lowest BCUT2D eigenvalue weighted by atomic mass is 10.1. The van der Waals surface area contributed by atoms with Crippen molar-refractivity contribution in [2.45, 2.75) is 20.4 Å². The summed E-state index contributed by atoms with van der Waals surface area (Å²) in [4.78, 5) is 26.4. The number of rotatable bonds is 5. The minimum absolute atomic E-state index is 0.0670. The second-order valence-electron chi connectivity index (χ2n) is 7.13. The van der Waals surface area contributed by atoms with Crippen LogP contribution in [-0.2, 0) is 16.1 Å². The number of aromatic nitrogens is 1. The summed E-state index contributed by atoms with van der Waals surface area (Å²) in [7, 11) is 0. The predicted octanol–water partition coefficient (Wildman–Crippen LogP) is 4.01. The third kappa shape index (κ3) is 4.48. The average molecular weight is 421 g/mol. The van der Waals surface area contributed by atoms with E-state index in [0.717, 1.165) is 5.56 Å². The van der Waals surface area contributed by atoms with E-state index >= 15 is 0 Å². The van der Waals surface area contributed by atoms with Crippen molar-refractivity contribution in [3.8, 4) is 5.75 Å². The zero-order valence-corrected chi connectivity index (χ0v) is 17.0. The van der Waals surface area contributed by atoms with Crippen molar-refractivity contribution >= 4 is 29.3 Å². The van der Waals surface area contributed by atoms with Gasteiger partial charge in [0, 0.05) is 17.3 Å². The number of halogens is 1. The number of fused-ring (bicyclic) bond motifs is 1. The lowest BCUT2D eigenvalue weighted by Gasteiger charge is -2.29. The highest BCUT2D eigenvalue weighted by Crippen LogP contribution is 2.36. The van der Waals surface area contributed by atoms with Gasteiger partial charge in [0.2, 0.25) is 5.91 Å². The van der Waals surface area contributed by atoms with Crippen molar-refractivity contribution in [2.24, 2.45) is 0 Å². The van der Waals surface area contributed by atoms with Gasteiger partial charge in [-0.05, 0) is 55.8 Å². The van der Waals surface area contributed by atoms with E-state index < -0.39 is 0 Å². The number of ether oxygens (including phenoxy) is 1. The third-order valence-electron chi connectivity index (χ3n) is 4.96. The first kappa shape index (κ1) is 20.3. The molecule has 1 N–H and O–H groups in total. The first-order chi connectivity index (χ1) is 14.9. The lowest BCUT2D eigenvalue weighted by Crippen LogP contribution is -2.38. The molecule has 0 atom stereocenters. The Morgan fingerprint density at radius 3 is 2.71 bits per heavy atom. The van der Waals surface area contributed by atoms with Crippen molar-refractivity contribution < 1.29 is 23.2 Å². The molecule has 158 valence electrons. The molecule has 7 nitrogen and oxygen atoms in total. The van der Waals surface area contributed by atoms with Gasteiger partial charge in [-0.3, -0.25) is 9.59 Å². The molecule has 0 saturated carbocycles. The van der Waals surface area contributed by atoms with E-state index in [4.69, 9.17) is 9.26 Å². The maximum atomic E-state index is 13.0. The molecule has 0 unspecified atom stereocenters. The van der Waals surface area contributed by atoms with E-state index in [2.05, 4.69) is 10.5 Å². The summed E-state index contributed by atoms with van der Waals surface area (Å²) < 4.78 is 23.7. The van der Waals surface area contributed by atoms with Crippen LogP contribution in [0.3, 0.4) is 0 Å². The van der Waals surface area contributed by atoms with Crippen LogP contribution in [0.15, 0.2) is 53.1 Å². The van der Waals surface area contributed by atoms with Gasteiger partial charge in [0.05, 0.1) is 17.9 Å². The number of nitrogens with zero attached hydrogens (tertiary/aromatic N) is 2. The van der Waals surface area contributed by atoms with Crippen LogP contribution in [0.2, 0.25) is 0 Å². The van der Waals surface area contributed by atoms with Gasteiger partial charge in [0.15, 0.2) is 6.61 Å². The van der Waals surface area contributed by atoms with Crippen molar-refractivity contribution in [1.82, 2.24) is 5.16 Å². The predicted molar refractivity (Wildman–Crippen MR) is 113 cm³/mol. The average Bonchev–Trinajstić information content (AvgIpc) is 3.07. The van der Waals surface area contributed by atoms with Crippen LogP contribution in [0, 0.1) is 19.7 Å². The Hall–Kier alpha value is -3.94. The Balaban J connectivity index is 1.53. The fourth-order valence-corrected chi connectivity index (χ4v) is 3.27. The van der Waals surface area contributed by atoms with Crippen LogP contribution in [0.5, 0.6) is 5.75 Å². The summed E-state index contributed by atoms with van der Waals surface area (Å²) in [5, 5.41) is 6.71. The normalized spacial score (nSPS) is 13.3. The van der Waals surface area contributed by atoms with Crippen LogP contribution in [0.4, 0.5) is 15.8 Å². The Labute approximate surface area is 178 Å². The summed E-state index contributed by atoms with van der Waals surface area (Å²) >= 11 is 0. The van der Waals surface area contributed by atoms with E-state index in [1.165, 1.54) is 18.2 Å². The number of anilines is 2. The van der Waals surface area contributed by atoms with Gasteiger partial charge in [0.1, 0.15) is 17.3 Å². The van der Waals surface area contributed by atoms with Crippen molar-refractivity contribution in [1.29, 1.82) is 0 Å². The molecule has 1 aliphatic rings. The number of carbonyl (C=O) groups is 2. The van der Waals surface area contributed by atoms with Gasteiger partial charge in [-0.25, -0.2) is 4.39 Å². The fraction of sp³-hybridized carbons (Fsp3) is 0.174. The minimum atomic E-state index is -0.357. The number of benzene rings is 2. The molecule has 0 fully saturated rings. The largest absolute Gasteiger partial charge is 0.482 e.